The Kier molecular flexibility index (Phi) is 7.62. The Morgan fingerprint density at radius 2 is 2.09 bits per heavy atom. The van der Waals surface area contributed by atoms with Crippen LogP contribution in [0.1, 0.15) is 10.4 Å². The summed E-state index contributed by atoms with van der Waals surface area (Å²) in [6, 6.07) is 7.38. The molecule has 0 saturated carbocycles. The van der Waals surface area contributed by atoms with Gasteiger partial charge >= 0.3 is 5.97 Å². The molecule has 0 bridgehead atoms. The number of aromatic nitrogens is 2. The smallest absolute Gasteiger partial charge is 0.365 e. The fourth-order valence-corrected chi connectivity index (χ4v) is 4.17. The predicted molar refractivity (Wildman–Crippen MR) is 129 cm³/mol. The fourth-order valence-electron chi connectivity index (χ4n) is 3.25. The second kappa shape index (κ2) is 11.0. The highest BCUT2D eigenvalue weighted by atomic mass is 35.5. The minimum atomic E-state index is -0.732. The normalized spacial score (nSPS) is 13.2. The Morgan fingerprint density at radius 1 is 1.26 bits per heavy atom. The van der Waals surface area contributed by atoms with Gasteiger partial charge in [-0.25, -0.2) is 9.78 Å². The second-order valence-electron chi connectivity index (χ2n) is 6.91. The molecule has 34 heavy (non-hydrogen) atoms. The van der Waals surface area contributed by atoms with Crippen LogP contribution >= 0.6 is 22.9 Å². The van der Waals surface area contributed by atoms with Gasteiger partial charge in [0.05, 0.1) is 37.8 Å². The molecule has 178 valence electrons. The van der Waals surface area contributed by atoms with Crippen molar-refractivity contribution in [2.75, 3.05) is 48.9 Å². The predicted octanol–water partition coefficient (Wildman–Crippen LogP) is 3.34. The molecule has 1 amide bonds. The highest BCUT2D eigenvalue weighted by molar-refractivity contribution is 7.14. The summed E-state index contributed by atoms with van der Waals surface area (Å²) in [5.41, 5.74) is 3.79. The minimum absolute atomic E-state index is 0.211. The Labute approximate surface area is 204 Å². The van der Waals surface area contributed by atoms with E-state index >= 15 is 0 Å². The summed E-state index contributed by atoms with van der Waals surface area (Å²) in [6.45, 7) is 2.94. The van der Waals surface area contributed by atoms with Gasteiger partial charge in [-0.1, -0.05) is 11.6 Å². The quantitative estimate of drug-likeness (QED) is 0.295. The van der Waals surface area contributed by atoms with E-state index in [-0.39, 0.29) is 28.8 Å². The first kappa shape index (κ1) is 23.5. The van der Waals surface area contributed by atoms with Crippen molar-refractivity contribution in [3.8, 4) is 5.75 Å². The summed E-state index contributed by atoms with van der Waals surface area (Å²) in [6.07, 6.45) is 1.70. The average molecular weight is 505 g/mol. The highest BCUT2D eigenvalue weighted by Gasteiger charge is 2.18. The number of anilines is 5. The van der Waals surface area contributed by atoms with Crippen molar-refractivity contribution in [1.82, 2.24) is 15.4 Å². The molecule has 0 atom stereocenters. The highest BCUT2D eigenvalue weighted by Crippen LogP contribution is 2.34. The third-order valence-electron chi connectivity index (χ3n) is 4.87. The van der Waals surface area contributed by atoms with Crippen LogP contribution < -0.4 is 25.8 Å². The topological polar surface area (TPSA) is 127 Å². The number of nitrogens with zero attached hydrogens (tertiary/aromatic N) is 3. The van der Waals surface area contributed by atoms with Gasteiger partial charge in [0.15, 0.2) is 5.82 Å². The molecule has 1 aliphatic heterocycles. The first-order chi connectivity index (χ1) is 16.6. The van der Waals surface area contributed by atoms with E-state index < -0.39 is 5.97 Å². The molecule has 1 aromatic carbocycles. The second-order valence-corrected chi connectivity index (χ2v) is 8.24. The molecule has 2 aromatic heterocycles. The summed E-state index contributed by atoms with van der Waals surface area (Å²) < 4.78 is 10.9. The van der Waals surface area contributed by atoms with Crippen LogP contribution in [0.15, 0.2) is 35.8 Å². The lowest BCUT2D eigenvalue weighted by Gasteiger charge is -2.29. The van der Waals surface area contributed by atoms with Gasteiger partial charge in [0.25, 0.3) is 0 Å². The summed E-state index contributed by atoms with van der Waals surface area (Å²) in [5, 5.41) is 8.58. The summed E-state index contributed by atoms with van der Waals surface area (Å²) in [7, 11) is 1.58. The molecule has 1 aliphatic rings. The SMILES string of the molecule is COc1ccc(N2CCOCC2)cc1Nc1ncc(Cl)c(Nc2sccc2C(=O)ONC=O)n1. The molecule has 0 unspecified atom stereocenters. The number of benzene rings is 1. The molecular weight excluding hydrogens is 484 g/mol. The molecule has 0 aliphatic carbocycles. The zero-order chi connectivity index (χ0) is 23.9. The first-order valence-electron chi connectivity index (χ1n) is 10.1. The third kappa shape index (κ3) is 5.47. The Balaban J connectivity index is 1.56. The van der Waals surface area contributed by atoms with Gasteiger partial charge in [-0.15, -0.1) is 11.3 Å². The van der Waals surface area contributed by atoms with Gasteiger partial charge in [0.2, 0.25) is 12.4 Å². The number of amides is 1. The number of nitrogens with one attached hydrogen (secondary N) is 3. The molecule has 3 N–H and O–H groups in total. The molecule has 1 saturated heterocycles. The number of thiophene rings is 1. The number of hydroxylamine groups is 1. The maximum atomic E-state index is 12.1. The number of carbonyl (C=O) groups excluding carboxylic acids is 2. The zero-order valence-corrected chi connectivity index (χ0v) is 19.6. The number of halogens is 1. The Morgan fingerprint density at radius 3 is 2.85 bits per heavy atom. The summed E-state index contributed by atoms with van der Waals surface area (Å²) in [5.74, 6) is 0.440. The van der Waals surface area contributed by atoms with E-state index in [1.807, 2.05) is 23.7 Å². The van der Waals surface area contributed by atoms with Crippen LogP contribution in [0.2, 0.25) is 5.02 Å². The number of methoxy groups -OCH3 is 1. The van der Waals surface area contributed by atoms with Gasteiger partial charge in [-0.2, -0.15) is 10.5 Å². The van der Waals surface area contributed by atoms with Crippen LogP contribution in [0, 0.1) is 0 Å². The van der Waals surface area contributed by atoms with Gasteiger partial charge < -0.3 is 29.8 Å². The van der Waals surface area contributed by atoms with Crippen molar-refractivity contribution >= 4 is 63.5 Å². The number of hydrogen-bond acceptors (Lipinski definition) is 11. The molecule has 0 radical (unpaired) electrons. The monoisotopic (exact) mass is 504 g/mol. The number of rotatable bonds is 9. The summed E-state index contributed by atoms with van der Waals surface area (Å²) in [4.78, 5) is 38.1. The fraction of sp³-hybridized carbons (Fsp3) is 0.238. The van der Waals surface area contributed by atoms with Crippen molar-refractivity contribution in [2.24, 2.45) is 0 Å². The van der Waals surface area contributed by atoms with Crippen LogP contribution in [-0.4, -0.2) is 55.8 Å². The lowest BCUT2D eigenvalue weighted by atomic mass is 10.2. The average Bonchev–Trinajstić information content (AvgIpc) is 3.33. The van der Waals surface area contributed by atoms with Crippen molar-refractivity contribution in [1.29, 1.82) is 0 Å². The molecule has 1 fully saturated rings. The van der Waals surface area contributed by atoms with E-state index in [0.717, 1.165) is 18.8 Å². The molecule has 0 spiro atoms. The van der Waals surface area contributed by atoms with Crippen molar-refractivity contribution in [3.05, 3.63) is 46.4 Å². The molecule has 3 heterocycles. The maximum Gasteiger partial charge on any atom is 0.365 e. The minimum Gasteiger partial charge on any atom is -0.495 e. The van der Waals surface area contributed by atoms with Gasteiger partial charge in [0.1, 0.15) is 15.8 Å². The van der Waals surface area contributed by atoms with E-state index in [4.69, 9.17) is 21.1 Å². The number of ether oxygens (including phenoxy) is 2. The lowest BCUT2D eigenvalue weighted by Crippen LogP contribution is -2.36. The molecule has 3 aromatic rings. The lowest BCUT2D eigenvalue weighted by molar-refractivity contribution is -0.117. The van der Waals surface area contributed by atoms with E-state index in [1.165, 1.54) is 17.5 Å². The van der Waals surface area contributed by atoms with E-state index in [9.17, 15) is 9.59 Å². The van der Waals surface area contributed by atoms with Crippen LogP contribution in [0.25, 0.3) is 0 Å². The molecule has 4 rings (SSSR count). The van der Waals surface area contributed by atoms with E-state index in [2.05, 4.69) is 30.3 Å². The van der Waals surface area contributed by atoms with E-state index in [0.29, 0.717) is 29.7 Å². The number of hydrogen-bond donors (Lipinski definition) is 3. The van der Waals surface area contributed by atoms with Gasteiger partial charge in [-0.05, 0) is 29.6 Å². The van der Waals surface area contributed by atoms with Gasteiger partial charge in [-0.3, -0.25) is 4.79 Å². The summed E-state index contributed by atoms with van der Waals surface area (Å²) >= 11 is 7.53. The van der Waals surface area contributed by atoms with Crippen LogP contribution in [0.5, 0.6) is 5.75 Å². The zero-order valence-electron chi connectivity index (χ0n) is 18.0. The maximum absolute atomic E-state index is 12.1. The number of carbonyl (C=O) groups is 2. The third-order valence-corrected chi connectivity index (χ3v) is 5.97. The first-order valence-corrected chi connectivity index (χ1v) is 11.4. The van der Waals surface area contributed by atoms with Crippen molar-refractivity contribution < 1.29 is 23.9 Å². The van der Waals surface area contributed by atoms with Crippen LogP contribution in [-0.2, 0) is 14.4 Å². The van der Waals surface area contributed by atoms with Crippen molar-refractivity contribution in [3.63, 3.8) is 0 Å². The molecular formula is C21H21ClN6O5S. The Hall–Kier alpha value is -3.61. The van der Waals surface area contributed by atoms with Crippen LogP contribution in [0.3, 0.4) is 0 Å². The van der Waals surface area contributed by atoms with E-state index in [1.54, 1.807) is 18.6 Å². The molecule has 11 nitrogen and oxygen atoms in total. The van der Waals surface area contributed by atoms with Crippen LogP contribution in [0.4, 0.5) is 28.1 Å². The molecule has 13 heteroatoms. The number of morpholine rings is 1. The largest absolute Gasteiger partial charge is 0.495 e. The van der Waals surface area contributed by atoms with Crippen molar-refractivity contribution in [2.45, 2.75) is 0 Å². The van der Waals surface area contributed by atoms with Gasteiger partial charge in [0, 0.05) is 18.8 Å². The Bertz CT molecular complexity index is 1170. The standard InChI is InChI=1S/C21H21ClN6O5S/c1-31-17-3-2-13(28-5-7-32-8-6-28)10-16(17)25-21-23-11-15(22)18(27-21)26-19-14(4-9-34-19)20(30)33-24-12-29/h2-4,9-12H,5-8H2,1H3,(H,24,29)(H2,23,25,26,27).